The molecule has 1 aliphatic heterocycles. The predicted molar refractivity (Wildman–Crippen MR) is 108 cm³/mol. The number of nitrogens with two attached hydrogens (primary N) is 1. The molecule has 1 fully saturated rings. The lowest BCUT2D eigenvalue weighted by Crippen LogP contribution is -2.50. The van der Waals surface area contributed by atoms with E-state index in [4.69, 9.17) is 39.2 Å². The van der Waals surface area contributed by atoms with E-state index in [1.54, 1.807) is 24.3 Å². The van der Waals surface area contributed by atoms with E-state index in [1.165, 1.54) is 6.20 Å². The summed E-state index contributed by atoms with van der Waals surface area (Å²) in [5, 5.41) is 9.80. The van der Waals surface area contributed by atoms with E-state index < -0.39 is 12.2 Å². The summed E-state index contributed by atoms with van der Waals surface area (Å²) in [7, 11) is 0. The fraction of sp³-hybridized carbons (Fsp3) is 0.316. The molecule has 3 aromatic rings. The van der Waals surface area contributed by atoms with Gasteiger partial charge in [0.15, 0.2) is 0 Å². The molecule has 28 heavy (non-hydrogen) atoms. The monoisotopic (exact) mass is 418 g/mol. The molecule has 144 valence electrons. The minimum Gasteiger partial charge on any atom is -0.340 e. The fourth-order valence-electron chi connectivity index (χ4n) is 3.39. The van der Waals surface area contributed by atoms with Gasteiger partial charge in [-0.3, -0.25) is 4.98 Å². The minimum absolute atomic E-state index is 0.348. The third-order valence-corrected chi connectivity index (χ3v) is 5.62. The molecule has 0 bridgehead atoms. The van der Waals surface area contributed by atoms with E-state index in [0.717, 1.165) is 11.2 Å². The maximum Gasteiger partial charge on any atom is 0.206 e. The first-order chi connectivity index (χ1) is 13.5. The Bertz CT molecular complexity index is 1060. The second-order valence-electron chi connectivity index (χ2n) is 6.82. The average Bonchev–Trinajstić information content (AvgIpc) is 3.02. The van der Waals surface area contributed by atoms with Crippen LogP contribution in [0, 0.1) is 11.3 Å². The third-order valence-electron chi connectivity index (χ3n) is 4.90. The summed E-state index contributed by atoms with van der Waals surface area (Å²) >= 11 is 12.4. The maximum atomic E-state index is 13.8. The summed E-state index contributed by atoms with van der Waals surface area (Å²) in [5.41, 5.74) is 8.68. The van der Waals surface area contributed by atoms with Gasteiger partial charge >= 0.3 is 0 Å². The molecule has 0 aliphatic carbocycles. The number of anilines is 1. The number of aromatic nitrogens is 3. The number of hydrogen-bond donors (Lipinski definition) is 1. The van der Waals surface area contributed by atoms with Crippen LogP contribution in [-0.2, 0) is 6.54 Å². The Morgan fingerprint density at radius 2 is 2.07 bits per heavy atom. The average molecular weight is 419 g/mol. The summed E-state index contributed by atoms with van der Waals surface area (Å²) < 4.78 is 15.8. The lowest BCUT2D eigenvalue weighted by molar-refractivity contribution is 0.243. The van der Waals surface area contributed by atoms with Gasteiger partial charge in [0.05, 0.1) is 44.9 Å². The van der Waals surface area contributed by atoms with Gasteiger partial charge in [0.1, 0.15) is 12.2 Å². The van der Waals surface area contributed by atoms with Crippen LogP contribution < -0.4 is 10.6 Å². The van der Waals surface area contributed by atoms with Crippen LogP contribution in [0.5, 0.6) is 0 Å². The summed E-state index contributed by atoms with van der Waals surface area (Å²) in [4.78, 5) is 11.0. The van der Waals surface area contributed by atoms with Crippen LogP contribution in [-0.4, -0.2) is 39.8 Å². The lowest BCUT2D eigenvalue weighted by atomic mass is 10.1. The first-order valence-electron chi connectivity index (χ1n) is 8.81. The van der Waals surface area contributed by atoms with Crippen molar-refractivity contribution in [3.05, 3.63) is 51.8 Å². The van der Waals surface area contributed by atoms with Crippen LogP contribution in [0.15, 0.2) is 30.5 Å². The van der Waals surface area contributed by atoms with Crippen LogP contribution in [0.1, 0.15) is 17.7 Å². The van der Waals surface area contributed by atoms with Crippen LogP contribution in [0.2, 0.25) is 10.0 Å². The summed E-state index contributed by atoms with van der Waals surface area (Å²) in [5.74, 6) is 0.668. The Balaban J connectivity index is 1.79. The Morgan fingerprint density at radius 1 is 1.29 bits per heavy atom. The normalized spacial score (nSPS) is 19.8. The van der Waals surface area contributed by atoms with Gasteiger partial charge in [0, 0.05) is 19.3 Å². The van der Waals surface area contributed by atoms with E-state index in [9.17, 15) is 4.39 Å². The molecule has 1 aliphatic rings. The number of hydrogen-bond acceptors (Lipinski definition) is 5. The zero-order valence-electron chi connectivity index (χ0n) is 14.8. The fourth-order valence-corrected chi connectivity index (χ4v) is 3.70. The van der Waals surface area contributed by atoms with E-state index in [0.29, 0.717) is 53.1 Å². The molecule has 0 spiro atoms. The molecule has 3 heterocycles. The summed E-state index contributed by atoms with van der Waals surface area (Å²) in [6.45, 7) is 1.30. The smallest absolute Gasteiger partial charge is 0.206 e. The van der Waals surface area contributed by atoms with Crippen molar-refractivity contribution in [2.24, 2.45) is 5.73 Å². The lowest BCUT2D eigenvalue weighted by Gasteiger charge is -2.34. The van der Waals surface area contributed by atoms with Gasteiger partial charge in [0.2, 0.25) is 5.95 Å². The molecular formula is C19H17Cl2FN6. The van der Waals surface area contributed by atoms with Crippen molar-refractivity contribution in [3.8, 4) is 6.07 Å². The van der Waals surface area contributed by atoms with Crippen molar-refractivity contribution < 1.29 is 4.39 Å². The number of alkyl halides is 1. The number of fused-ring (bicyclic) bond motifs is 1. The second-order valence-corrected chi connectivity index (χ2v) is 7.63. The van der Waals surface area contributed by atoms with Crippen molar-refractivity contribution in [2.45, 2.75) is 25.2 Å². The second kappa shape index (κ2) is 7.55. The van der Waals surface area contributed by atoms with Crippen molar-refractivity contribution in [1.82, 2.24) is 14.5 Å². The molecule has 1 saturated heterocycles. The molecule has 1 aromatic carbocycles. The molecule has 2 N–H and O–H groups in total. The van der Waals surface area contributed by atoms with Crippen molar-refractivity contribution in [3.63, 3.8) is 0 Å². The van der Waals surface area contributed by atoms with E-state index >= 15 is 0 Å². The molecule has 0 amide bonds. The minimum atomic E-state index is -1.02. The SMILES string of the molecule is N#Cc1ccc(Cn2c(N3CC[C@H](F)[C@H](N)C3)nc3cc(Cl)c(Cl)cc32)nc1. The molecule has 9 heteroatoms. The number of nitrogens with zero attached hydrogens (tertiary/aromatic N) is 5. The van der Waals surface area contributed by atoms with Crippen LogP contribution in [0.25, 0.3) is 11.0 Å². The Hall–Kier alpha value is -2.40. The topological polar surface area (TPSA) is 83.8 Å². The number of benzene rings is 1. The highest BCUT2D eigenvalue weighted by atomic mass is 35.5. The largest absolute Gasteiger partial charge is 0.340 e. The molecule has 0 saturated carbocycles. The molecule has 2 aromatic heterocycles. The highest BCUT2D eigenvalue weighted by molar-refractivity contribution is 6.42. The highest BCUT2D eigenvalue weighted by Gasteiger charge is 2.29. The van der Waals surface area contributed by atoms with Gasteiger partial charge in [-0.05, 0) is 30.7 Å². The van der Waals surface area contributed by atoms with Gasteiger partial charge in [-0.15, -0.1) is 0 Å². The number of pyridine rings is 1. The van der Waals surface area contributed by atoms with Crippen LogP contribution >= 0.6 is 23.2 Å². The first kappa shape index (κ1) is 18.9. The zero-order valence-corrected chi connectivity index (χ0v) is 16.3. The van der Waals surface area contributed by atoms with Gasteiger partial charge in [0.25, 0.3) is 0 Å². The summed E-state index contributed by atoms with van der Waals surface area (Å²) in [6.07, 6.45) is 0.863. The van der Waals surface area contributed by atoms with Gasteiger partial charge in [-0.25, -0.2) is 9.37 Å². The Kier molecular flexibility index (Phi) is 5.11. The zero-order chi connectivity index (χ0) is 19.8. The predicted octanol–water partition coefficient (Wildman–Crippen LogP) is 3.53. The van der Waals surface area contributed by atoms with Crippen LogP contribution in [0.3, 0.4) is 0 Å². The number of imidazole rings is 1. The standard InChI is InChI=1S/C19H17Cl2FN6/c20-13-5-17-18(6-14(13)21)28(9-12-2-1-11(7-23)8-25-12)19(26-17)27-4-3-15(22)16(24)10-27/h1-2,5-6,8,15-16H,3-4,9-10,24H2/t15-,16+/m0/s1. The highest BCUT2D eigenvalue weighted by Crippen LogP contribution is 2.32. The Morgan fingerprint density at radius 3 is 2.75 bits per heavy atom. The van der Waals surface area contributed by atoms with E-state index in [1.807, 2.05) is 9.47 Å². The molecule has 0 radical (unpaired) electrons. The molecular weight excluding hydrogens is 402 g/mol. The number of halogens is 3. The van der Waals surface area contributed by atoms with Gasteiger partial charge in [-0.2, -0.15) is 5.26 Å². The van der Waals surface area contributed by atoms with Crippen molar-refractivity contribution in [1.29, 1.82) is 5.26 Å². The summed E-state index contributed by atoms with van der Waals surface area (Å²) in [6, 6.07) is 8.48. The Labute approximate surface area is 171 Å². The van der Waals surface area contributed by atoms with Crippen LogP contribution in [0.4, 0.5) is 10.3 Å². The van der Waals surface area contributed by atoms with Gasteiger partial charge in [-0.1, -0.05) is 23.2 Å². The van der Waals surface area contributed by atoms with E-state index in [-0.39, 0.29) is 0 Å². The molecule has 2 atom stereocenters. The number of rotatable bonds is 3. The number of piperidine rings is 1. The van der Waals surface area contributed by atoms with E-state index in [2.05, 4.69) is 11.1 Å². The molecule has 6 nitrogen and oxygen atoms in total. The van der Waals surface area contributed by atoms with Crippen molar-refractivity contribution in [2.75, 3.05) is 18.0 Å². The third kappa shape index (κ3) is 3.51. The molecule has 4 rings (SSSR count). The first-order valence-corrected chi connectivity index (χ1v) is 9.57. The maximum absolute atomic E-state index is 13.8. The number of nitriles is 1. The van der Waals surface area contributed by atoms with Crippen molar-refractivity contribution >= 4 is 40.2 Å². The molecule has 0 unspecified atom stereocenters. The quantitative estimate of drug-likeness (QED) is 0.702. The van der Waals surface area contributed by atoms with Gasteiger partial charge < -0.3 is 15.2 Å².